The summed E-state index contributed by atoms with van der Waals surface area (Å²) < 4.78 is 15.7. The monoisotopic (exact) mass is 283 g/mol. The van der Waals surface area contributed by atoms with E-state index in [0.29, 0.717) is 31.5 Å². The zero-order valence-corrected chi connectivity index (χ0v) is 12.4. The fourth-order valence-electron chi connectivity index (χ4n) is 1.93. The van der Waals surface area contributed by atoms with Crippen LogP contribution in [0.5, 0.6) is 0 Å². The Hall–Kier alpha value is -1.47. The van der Waals surface area contributed by atoms with Crippen LogP contribution in [0.15, 0.2) is 4.42 Å². The molecule has 7 nitrogen and oxygen atoms in total. The van der Waals surface area contributed by atoms with Crippen molar-refractivity contribution in [2.75, 3.05) is 26.8 Å². The molecule has 0 amide bonds. The summed E-state index contributed by atoms with van der Waals surface area (Å²) in [6, 6.07) is 0. The van der Waals surface area contributed by atoms with Crippen molar-refractivity contribution in [3.63, 3.8) is 0 Å². The standard InChI is InChI=1S/C13H21N3O4/c1-13(2,3)12-15-14-10(20-12)8-16-5-6-19-9(7-16)11(17)18-4/h9H,5-8H2,1-4H3. The summed E-state index contributed by atoms with van der Waals surface area (Å²) in [6.07, 6.45) is -0.543. The highest BCUT2D eigenvalue weighted by atomic mass is 16.6. The lowest BCUT2D eigenvalue weighted by molar-refractivity contribution is -0.160. The highest BCUT2D eigenvalue weighted by Crippen LogP contribution is 2.21. The number of esters is 1. The Morgan fingerprint density at radius 1 is 1.45 bits per heavy atom. The zero-order chi connectivity index (χ0) is 14.8. The van der Waals surface area contributed by atoms with Gasteiger partial charge in [0.2, 0.25) is 11.8 Å². The molecular formula is C13H21N3O4. The Morgan fingerprint density at radius 3 is 2.80 bits per heavy atom. The molecule has 20 heavy (non-hydrogen) atoms. The third-order valence-corrected chi connectivity index (χ3v) is 3.08. The minimum absolute atomic E-state index is 0.162. The molecule has 0 aliphatic carbocycles. The number of carbonyl (C=O) groups is 1. The Morgan fingerprint density at radius 2 is 2.20 bits per heavy atom. The first-order chi connectivity index (χ1) is 9.40. The van der Waals surface area contributed by atoms with Crippen LogP contribution in [0.4, 0.5) is 0 Å². The zero-order valence-electron chi connectivity index (χ0n) is 12.4. The molecule has 1 unspecified atom stereocenters. The number of hydrogen-bond donors (Lipinski definition) is 0. The molecule has 0 N–H and O–H groups in total. The Balaban J connectivity index is 1.96. The maximum atomic E-state index is 11.5. The quantitative estimate of drug-likeness (QED) is 0.757. The minimum atomic E-state index is -0.543. The molecule has 1 aliphatic rings. The van der Waals surface area contributed by atoms with Crippen LogP contribution >= 0.6 is 0 Å². The van der Waals surface area contributed by atoms with Gasteiger partial charge in [-0.2, -0.15) is 0 Å². The fraction of sp³-hybridized carbons (Fsp3) is 0.769. The number of carbonyl (C=O) groups excluding carboxylic acids is 1. The van der Waals surface area contributed by atoms with Crippen molar-refractivity contribution in [3.8, 4) is 0 Å². The first-order valence-corrected chi connectivity index (χ1v) is 6.65. The summed E-state index contributed by atoms with van der Waals surface area (Å²) in [4.78, 5) is 13.5. The minimum Gasteiger partial charge on any atom is -0.467 e. The average molecular weight is 283 g/mol. The normalized spacial score (nSPS) is 20.9. The van der Waals surface area contributed by atoms with Crippen LogP contribution < -0.4 is 0 Å². The van der Waals surface area contributed by atoms with Gasteiger partial charge >= 0.3 is 5.97 Å². The van der Waals surface area contributed by atoms with Crippen LogP contribution in [-0.4, -0.2) is 54.0 Å². The van der Waals surface area contributed by atoms with E-state index in [1.165, 1.54) is 7.11 Å². The van der Waals surface area contributed by atoms with Gasteiger partial charge in [-0.25, -0.2) is 4.79 Å². The van der Waals surface area contributed by atoms with Crippen molar-refractivity contribution in [2.45, 2.75) is 38.8 Å². The molecule has 0 aromatic carbocycles. The van der Waals surface area contributed by atoms with E-state index in [-0.39, 0.29) is 11.4 Å². The van der Waals surface area contributed by atoms with Gasteiger partial charge < -0.3 is 13.9 Å². The average Bonchev–Trinajstić information content (AvgIpc) is 2.86. The second-order valence-electron chi connectivity index (χ2n) is 5.87. The largest absolute Gasteiger partial charge is 0.467 e. The predicted octanol–water partition coefficient (Wildman–Crippen LogP) is 0.741. The first kappa shape index (κ1) is 14.9. The number of hydrogen-bond acceptors (Lipinski definition) is 7. The lowest BCUT2D eigenvalue weighted by atomic mass is 9.97. The summed E-state index contributed by atoms with van der Waals surface area (Å²) in [5.41, 5.74) is -0.162. The number of rotatable bonds is 3. The Kier molecular flexibility index (Phi) is 4.39. The van der Waals surface area contributed by atoms with Crippen molar-refractivity contribution in [3.05, 3.63) is 11.8 Å². The molecule has 0 spiro atoms. The summed E-state index contributed by atoms with van der Waals surface area (Å²) in [7, 11) is 1.36. The second-order valence-corrected chi connectivity index (χ2v) is 5.87. The molecule has 2 rings (SSSR count). The number of nitrogens with zero attached hydrogens (tertiary/aromatic N) is 3. The van der Waals surface area contributed by atoms with Gasteiger partial charge in [0.05, 0.1) is 20.3 Å². The molecule has 7 heteroatoms. The lowest BCUT2D eigenvalue weighted by Crippen LogP contribution is -2.46. The van der Waals surface area contributed by atoms with Gasteiger partial charge in [-0.3, -0.25) is 4.90 Å². The molecule has 0 bridgehead atoms. The fourth-order valence-corrected chi connectivity index (χ4v) is 1.93. The van der Waals surface area contributed by atoms with E-state index in [2.05, 4.69) is 10.2 Å². The molecular weight excluding hydrogens is 262 g/mol. The lowest BCUT2D eigenvalue weighted by Gasteiger charge is -2.30. The van der Waals surface area contributed by atoms with Crippen molar-refractivity contribution >= 4 is 5.97 Å². The molecule has 0 saturated carbocycles. The Bertz CT molecular complexity index is 466. The molecule has 1 aromatic heterocycles. The topological polar surface area (TPSA) is 77.7 Å². The number of morpholine rings is 1. The molecule has 112 valence electrons. The first-order valence-electron chi connectivity index (χ1n) is 6.65. The van der Waals surface area contributed by atoms with Crippen molar-refractivity contribution in [1.29, 1.82) is 0 Å². The van der Waals surface area contributed by atoms with Crippen LogP contribution in [0.3, 0.4) is 0 Å². The van der Waals surface area contributed by atoms with E-state index in [9.17, 15) is 4.79 Å². The third-order valence-electron chi connectivity index (χ3n) is 3.08. The van der Waals surface area contributed by atoms with Gasteiger partial charge in [-0.1, -0.05) is 20.8 Å². The van der Waals surface area contributed by atoms with Crippen LogP contribution in [-0.2, 0) is 26.2 Å². The molecule has 2 heterocycles. The molecule has 1 aliphatic heterocycles. The van der Waals surface area contributed by atoms with E-state index in [0.717, 1.165) is 6.54 Å². The van der Waals surface area contributed by atoms with Gasteiger partial charge in [0.15, 0.2) is 6.10 Å². The van der Waals surface area contributed by atoms with E-state index >= 15 is 0 Å². The summed E-state index contributed by atoms with van der Waals surface area (Å²) in [5, 5.41) is 8.11. The molecule has 1 aromatic rings. The highest BCUT2D eigenvalue weighted by molar-refractivity contribution is 5.74. The number of aromatic nitrogens is 2. The summed E-state index contributed by atoms with van der Waals surface area (Å²) >= 11 is 0. The van der Waals surface area contributed by atoms with E-state index < -0.39 is 6.10 Å². The maximum Gasteiger partial charge on any atom is 0.336 e. The van der Waals surface area contributed by atoms with Crippen LogP contribution in [0.25, 0.3) is 0 Å². The van der Waals surface area contributed by atoms with Crippen molar-refractivity contribution in [2.24, 2.45) is 0 Å². The van der Waals surface area contributed by atoms with Crippen LogP contribution in [0.2, 0.25) is 0 Å². The van der Waals surface area contributed by atoms with Crippen LogP contribution in [0.1, 0.15) is 32.6 Å². The van der Waals surface area contributed by atoms with Gasteiger partial charge in [0, 0.05) is 18.5 Å². The van der Waals surface area contributed by atoms with Crippen molar-refractivity contribution in [1.82, 2.24) is 15.1 Å². The molecule has 1 atom stereocenters. The van der Waals surface area contributed by atoms with E-state index in [1.54, 1.807) is 0 Å². The van der Waals surface area contributed by atoms with E-state index in [4.69, 9.17) is 13.9 Å². The van der Waals surface area contributed by atoms with Gasteiger partial charge in [0.25, 0.3) is 0 Å². The smallest absolute Gasteiger partial charge is 0.336 e. The molecule has 0 radical (unpaired) electrons. The molecule has 1 fully saturated rings. The Labute approximate surface area is 118 Å². The van der Waals surface area contributed by atoms with Gasteiger partial charge in [-0.05, 0) is 0 Å². The summed E-state index contributed by atoms with van der Waals surface area (Å²) in [5.74, 6) is 0.821. The van der Waals surface area contributed by atoms with Crippen LogP contribution in [0, 0.1) is 0 Å². The highest BCUT2D eigenvalue weighted by Gasteiger charge is 2.29. The second kappa shape index (κ2) is 5.88. The number of methoxy groups -OCH3 is 1. The van der Waals surface area contributed by atoms with Gasteiger partial charge in [0.1, 0.15) is 0 Å². The van der Waals surface area contributed by atoms with E-state index in [1.807, 2.05) is 25.7 Å². The maximum absolute atomic E-state index is 11.5. The third kappa shape index (κ3) is 3.55. The summed E-state index contributed by atoms with van der Waals surface area (Å²) in [6.45, 7) is 8.26. The van der Waals surface area contributed by atoms with Crippen molar-refractivity contribution < 1.29 is 18.7 Å². The molecule has 1 saturated heterocycles. The van der Waals surface area contributed by atoms with Gasteiger partial charge in [-0.15, -0.1) is 10.2 Å². The predicted molar refractivity (Wildman–Crippen MR) is 70.0 cm³/mol. The SMILES string of the molecule is COC(=O)C1CN(Cc2nnc(C(C)(C)C)o2)CCO1. The number of ether oxygens (including phenoxy) is 2.